The fraction of sp³-hybridized carbons (Fsp3) is 0.714. The molecule has 1 aliphatic rings. The molecular weight excluding hydrogens is 192 g/mol. The highest BCUT2D eigenvalue weighted by Crippen LogP contribution is 2.21. The predicted molar refractivity (Wildman–Crippen MR) is 55.5 cm³/mol. The Bertz CT molecular complexity index is 186. The maximum atomic E-state index is 10.6. The third-order valence-electron chi connectivity index (χ3n) is 1.69. The van der Waals surface area contributed by atoms with Gasteiger partial charge in [-0.05, 0) is 7.05 Å². The number of likely N-dealkylation sites (N-methyl/N-ethyl adjacent to an activating group) is 1. The van der Waals surface area contributed by atoms with E-state index in [1.54, 1.807) is 11.8 Å². The fourth-order valence-corrected chi connectivity index (χ4v) is 2.57. The Balaban J connectivity index is 2.49. The molecule has 0 saturated carbocycles. The van der Waals surface area contributed by atoms with Gasteiger partial charge < -0.3 is 15.0 Å². The molecule has 5 heteroatoms. The van der Waals surface area contributed by atoms with Crippen molar-refractivity contribution >= 4 is 35.3 Å². The standard InChI is InChI=1S/C7H12N2OS2/c1-8-4-6(11)9-2-3-12-7(9)5-10/h5,7-8H,2-4H2,1H3. The summed E-state index contributed by atoms with van der Waals surface area (Å²) in [6.07, 6.45) is 0.958. The molecule has 0 spiro atoms. The number of rotatable bonds is 3. The Morgan fingerprint density at radius 3 is 3.25 bits per heavy atom. The number of nitrogens with one attached hydrogen (secondary N) is 1. The van der Waals surface area contributed by atoms with Crippen molar-refractivity contribution in [2.45, 2.75) is 5.37 Å². The summed E-state index contributed by atoms with van der Waals surface area (Å²) in [4.78, 5) is 13.4. The molecule has 1 unspecified atom stereocenters. The average Bonchev–Trinajstić information content (AvgIpc) is 2.51. The van der Waals surface area contributed by atoms with Gasteiger partial charge >= 0.3 is 0 Å². The zero-order chi connectivity index (χ0) is 8.97. The minimum Gasteiger partial charge on any atom is -0.346 e. The molecular formula is C7H12N2OS2. The molecule has 1 atom stereocenters. The molecule has 1 fully saturated rings. The van der Waals surface area contributed by atoms with Gasteiger partial charge in [0.2, 0.25) is 0 Å². The van der Waals surface area contributed by atoms with E-state index in [4.69, 9.17) is 12.2 Å². The predicted octanol–water partition coefficient (Wildman–Crippen LogP) is 0.107. The van der Waals surface area contributed by atoms with Gasteiger partial charge in [-0.1, -0.05) is 12.2 Å². The molecule has 0 aliphatic carbocycles. The van der Waals surface area contributed by atoms with Gasteiger partial charge in [0.15, 0.2) is 6.29 Å². The highest BCUT2D eigenvalue weighted by Gasteiger charge is 2.25. The van der Waals surface area contributed by atoms with Gasteiger partial charge in [-0.25, -0.2) is 0 Å². The first-order valence-corrected chi connectivity index (χ1v) is 5.26. The second kappa shape index (κ2) is 4.79. The first-order valence-electron chi connectivity index (χ1n) is 3.80. The Morgan fingerprint density at radius 2 is 2.67 bits per heavy atom. The quantitative estimate of drug-likeness (QED) is 0.521. The van der Waals surface area contributed by atoms with Crippen LogP contribution in [0.1, 0.15) is 0 Å². The largest absolute Gasteiger partial charge is 0.346 e. The summed E-state index contributed by atoms with van der Waals surface area (Å²) in [6, 6.07) is 0. The Morgan fingerprint density at radius 1 is 1.92 bits per heavy atom. The van der Waals surface area contributed by atoms with E-state index in [0.717, 1.165) is 23.6 Å². The van der Waals surface area contributed by atoms with E-state index < -0.39 is 0 Å². The van der Waals surface area contributed by atoms with Crippen LogP contribution in [0.25, 0.3) is 0 Å². The zero-order valence-corrected chi connectivity index (χ0v) is 8.58. The molecule has 3 nitrogen and oxygen atoms in total. The second-order valence-corrected chi connectivity index (χ2v) is 4.21. The van der Waals surface area contributed by atoms with Gasteiger partial charge in [-0.3, -0.25) is 0 Å². The van der Waals surface area contributed by atoms with Crippen molar-refractivity contribution in [3.8, 4) is 0 Å². The molecule has 1 heterocycles. The molecule has 0 aromatic rings. The summed E-state index contributed by atoms with van der Waals surface area (Å²) in [5, 5.41) is 2.93. The first kappa shape index (κ1) is 9.95. The lowest BCUT2D eigenvalue weighted by Gasteiger charge is -2.21. The van der Waals surface area contributed by atoms with Crippen molar-refractivity contribution in [3.63, 3.8) is 0 Å². The Hall–Kier alpha value is -0.130. The van der Waals surface area contributed by atoms with Crippen molar-refractivity contribution in [2.75, 3.05) is 25.9 Å². The van der Waals surface area contributed by atoms with Crippen molar-refractivity contribution < 1.29 is 4.79 Å². The number of carbonyl (C=O) groups excluding carboxylic acids is 1. The number of hydrogen-bond donors (Lipinski definition) is 1. The Labute approximate surface area is 81.9 Å². The van der Waals surface area contributed by atoms with E-state index in [1.165, 1.54) is 0 Å². The van der Waals surface area contributed by atoms with Gasteiger partial charge in [0, 0.05) is 18.8 Å². The smallest absolute Gasteiger partial charge is 0.152 e. The number of nitrogens with zero attached hydrogens (tertiary/aromatic N) is 1. The molecule has 1 N–H and O–H groups in total. The third kappa shape index (κ3) is 2.18. The second-order valence-electron chi connectivity index (χ2n) is 2.51. The van der Waals surface area contributed by atoms with Crippen molar-refractivity contribution in [1.29, 1.82) is 0 Å². The van der Waals surface area contributed by atoms with E-state index >= 15 is 0 Å². The maximum absolute atomic E-state index is 10.6. The van der Waals surface area contributed by atoms with Crippen LogP contribution in [-0.2, 0) is 4.79 Å². The highest BCUT2D eigenvalue weighted by atomic mass is 32.2. The first-order chi connectivity index (χ1) is 5.79. The normalized spacial score (nSPS) is 22.8. The lowest BCUT2D eigenvalue weighted by molar-refractivity contribution is -0.108. The number of hydrogen-bond acceptors (Lipinski definition) is 4. The monoisotopic (exact) mass is 204 g/mol. The van der Waals surface area contributed by atoms with Crippen LogP contribution in [0.2, 0.25) is 0 Å². The molecule has 0 radical (unpaired) electrons. The van der Waals surface area contributed by atoms with Crippen LogP contribution >= 0.6 is 24.0 Å². The van der Waals surface area contributed by atoms with Gasteiger partial charge in [-0.15, -0.1) is 11.8 Å². The lowest BCUT2D eigenvalue weighted by Crippen LogP contribution is -2.39. The lowest BCUT2D eigenvalue weighted by atomic mass is 10.4. The van der Waals surface area contributed by atoms with Gasteiger partial charge in [0.25, 0.3) is 0 Å². The zero-order valence-electron chi connectivity index (χ0n) is 6.95. The topological polar surface area (TPSA) is 32.3 Å². The van der Waals surface area contributed by atoms with Gasteiger partial charge in [-0.2, -0.15) is 0 Å². The summed E-state index contributed by atoms with van der Waals surface area (Å²) in [5.41, 5.74) is 0. The van der Waals surface area contributed by atoms with Crippen LogP contribution in [0.15, 0.2) is 0 Å². The van der Waals surface area contributed by atoms with Crippen LogP contribution in [0.5, 0.6) is 0 Å². The van der Waals surface area contributed by atoms with E-state index in [0.29, 0.717) is 6.54 Å². The minimum atomic E-state index is -0.0501. The molecule has 0 aromatic carbocycles. The number of thiocarbonyl (C=S) groups is 1. The Kier molecular flexibility index (Phi) is 3.97. The third-order valence-corrected chi connectivity index (χ3v) is 3.20. The molecule has 68 valence electrons. The highest BCUT2D eigenvalue weighted by molar-refractivity contribution is 8.00. The van der Waals surface area contributed by atoms with Crippen molar-refractivity contribution in [3.05, 3.63) is 0 Å². The molecule has 1 aliphatic heterocycles. The molecule has 0 bridgehead atoms. The SMILES string of the molecule is CNCC(=S)N1CCSC1C=O. The van der Waals surface area contributed by atoms with E-state index in [-0.39, 0.29) is 5.37 Å². The average molecular weight is 204 g/mol. The van der Waals surface area contributed by atoms with Crippen LogP contribution in [0.4, 0.5) is 0 Å². The van der Waals surface area contributed by atoms with Crippen molar-refractivity contribution in [2.24, 2.45) is 0 Å². The van der Waals surface area contributed by atoms with Crippen LogP contribution in [-0.4, -0.2) is 47.4 Å². The molecule has 12 heavy (non-hydrogen) atoms. The fourth-order valence-electron chi connectivity index (χ4n) is 1.12. The van der Waals surface area contributed by atoms with Crippen LogP contribution in [0.3, 0.4) is 0 Å². The molecule has 0 aromatic heterocycles. The molecule has 1 saturated heterocycles. The molecule has 0 amide bonds. The number of thioether (sulfide) groups is 1. The summed E-state index contributed by atoms with van der Waals surface area (Å²) in [7, 11) is 1.85. The summed E-state index contributed by atoms with van der Waals surface area (Å²) < 4.78 is 0. The van der Waals surface area contributed by atoms with Crippen molar-refractivity contribution in [1.82, 2.24) is 10.2 Å². The van der Waals surface area contributed by atoms with Gasteiger partial charge in [0.1, 0.15) is 5.37 Å². The number of carbonyl (C=O) groups is 1. The minimum absolute atomic E-state index is 0.0501. The summed E-state index contributed by atoms with van der Waals surface area (Å²) in [6.45, 7) is 1.58. The number of aldehydes is 1. The van der Waals surface area contributed by atoms with E-state index in [9.17, 15) is 4.79 Å². The van der Waals surface area contributed by atoms with Gasteiger partial charge in [0.05, 0.1) is 4.99 Å². The maximum Gasteiger partial charge on any atom is 0.152 e. The van der Waals surface area contributed by atoms with E-state index in [2.05, 4.69) is 5.32 Å². The summed E-state index contributed by atoms with van der Waals surface area (Å²) >= 11 is 6.79. The summed E-state index contributed by atoms with van der Waals surface area (Å²) in [5.74, 6) is 0.993. The van der Waals surface area contributed by atoms with Crippen LogP contribution < -0.4 is 5.32 Å². The van der Waals surface area contributed by atoms with E-state index in [1.807, 2.05) is 11.9 Å². The molecule has 1 rings (SSSR count). The van der Waals surface area contributed by atoms with Crippen LogP contribution in [0, 0.1) is 0 Å².